The molecular formula is C19H20ClN3O3S. The Kier molecular flexibility index (Phi) is 4.92. The molecule has 1 amide bonds. The van der Waals surface area contributed by atoms with Crippen molar-refractivity contribution >= 4 is 44.1 Å². The first-order valence-corrected chi connectivity index (χ1v) is 10.6. The highest BCUT2D eigenvalue weighted by atomic mass is 35.5. The zero-order valence-electron chi connectivity index (χ0n) is 14.9. The maximum absolute atomic E-state index is 12.7. The molecule has 0 spiro atoms. The fourth-order valence-electron chi connectivity index (χ4n) is 3.46. The number of sulfonamides is 1. The molecule has 0 aliphatic carbocycles. The number of nitrogens with two attached hydrogens (primary N) is 1. The molecule has 2 aromatic carbocycles. The Hall–Kier alpha value is -2.51. The lowest BCUT2D eigenvalue weighted by atomic mass is 9.86. The third-order valence-electron chi connectivity index (χ3n) is 4.68. The van der Waals surface area contributed by atoms with Crippen LogP contribution >= 0.6 is 11.6 Å². The Morgan fingerprint density at radius 2 is 1.85 bits per heavy atom. The van der Waals surface area contributed by atoms with Crippen LogP contribution in [0.5, 0.6) is 0 Å². The highest BCUT2D eigenvalue weighted by molar-refractivity contribution is 7.92. The van der Waals surface area contributed by atoms with E-state index in [2.05, 4.69) is 4.72 Å². The Labute approximate surface area is 163 Å². The molecule has 0 bridgehead atoms. The van der Waals surface area contributed by atoms with Crippen LogP contribution in [-0.2, 0) is 20.4 Å². The molecule has 0 saturated heterocycles. The number of anilines is 1. The van der Waals surface area contributed by atoms with Crippen LogP contribution in [-0.4, -0.2) is 25.1 Å². The lowest BCUT2D eigenvalue weighted by Gasteiger charge is -2.33. The van der Waals surface area contributed by atoms with Crippen molar-refractivity contribution in [1.29, 1.82) is 0 Å². The van der Waals surface area contributed by atoms with Gasteiger partial charge in [0.1, 0.15) is 5.54 Å². The second kappa shape index (κ2) is 6.90. The summed E-state index contributed by atoms with van der Waals surface area (Å²) in [6.07, 6.45) is 3.26. The van der Waals surface area contributed by atoms with Gasteiger partial charge >= 0.3 is 0 Å². The highest BCUT2D eigenvalue weighted by Gasteiger charge is 2.39. The first kappa shape index (κ1) is 19.3. The van der Waals surface area contributed by atoms with Gasteiger partial charge in [0.15, 0.2) is 0 Å². The maximum atomic E-state index is 12.7. The number of rotatable bonds is 6. The van der Waals surface area contributed by atoms with Crippen molar-refractivity contribution in [2.75, 3.05) is 11.0 Å². The van der Waals surface area contributed by atoms with Crippen LogP contribution in [0.2, 0.25) is 5.02 Å². The molecule has 3 rings (SSSR count). The predicted molar refractivity (Wildman–Crippen MR) is 108 cm³/mol. The van der Waals surface area contributed by atoms with Crippen molar-refractivity contribution in [2.45, 2.75) is 18.9 Å². The molecule has 0 radical (unpaired) electrons. The van der Waals surface area contributed by atoms with E-state index in [4.69, 9.17) is 17.3 Å². The van der Waals surface area contributed by atoms with E-state index >= 15 is 0 Å². The number of benzene rings is 2. The molecule has 6 nitrogen and oxygen atoms in total. The van der Waals surface area contributed by atoms with Crippen LogP contribution in [0.15, 0.2) is 54.7 Å². The SMILES string of the molecule is CC[C@](C(N)=O)(c1ccc(Cl)cc1)n1ccc2c(NS(C)(=O)=O)cccc21. The van der Waals surface area contributed by atoms with Gasteiger partial charge in [0.2, 0.25) is 15.9 Å². The lowest BCUT2D eigenvalue weighted by molar-refractivity contribution is -0.124. The van der Waals surface area contributed by atoms with Crippen LogP contribution in [0.25, 0.3) is 10.9 Å². The number of carbonyl (C=O) groups is 1. The highest BCUT2D eigenvalue weighted by Crippen LogP contribution is 2.36. The topological polar surface area (TPSA) is 94.2 Å². The van der Waals surface area contributed by atoms with Gasteiger partial charge in [0, 0.05) is 16.6 Å². The number of halogens is 1. The summed E-state index contributed by atoms with van der Waals surface area (Å²) >= 11 is 6.00. The summed E-state index contributed by atoms with van der Waals surface area (Å²) in [6, 6.07) is 14.0. The summed E-state index contributed by atoms with van der Waals surface area (Å²) in [5, 5.41) is 1.24. The number of primary amides is 1. The Morgan fingerprint density at radius 3 is 2.41 bits per heavy atom. The number of aromatic nitrogens is 1. The Bertz CT molecular complexity index is 1110. The van der Waals surface area contributed by atoms with Gasteiger partial charge in [0.05, 0.1) is 17.5 Å². The summed E-state index contributed by atoms with van der Waals surface area (Å²) in [5.41, 5.74) is 6.59. The average molecular weight is 406 g/mol. The van der Waals surface area contributed by atoms with E-state index in [9.17, 15) is 13.2 Å². The molecule has 1 aromatic heterocycles. The number of hydrogen-bond donors (Lipinski definition) is 2. The third-order valence-corrected chi connectivity index (χ3v) is 5.52. The van der Waals surface area contributed by atoms with E-state index in [1.165, 1.54) is 0 Å². The number of hydrogen-bond acceptors (Lipinski definition) is 3. The second-order valence-electron chi connectivity index (χ2n) is 6.38. The molecule has 1 atom stereocenters. The van der Waals surface area contributed by atoms with E-state index in [0.29, 0.717) is 33.6 Å². The molecule has 8 heteroatoms. The maximum Gasteiger partial charge on any atom is 0.248 e. The first-order valence-electron chi connectivity index (χ1n) is 8.33. The average Bonchev–Trinajstić information content (AvgIpc) is 3.02. The lowest BCUT2D eigenvalue weighted by Crippen LogP contribution is -2.46. The molecular weight excluding hydrogens is 386 g/mol. The summed E-state index contributed by atoms with van der Waals surface area (Å²) in [7, 11) is -3.44. The van der Waals surface area contributed by atoms with Gasteiger partial charge in [-0.05, 0) is 42.3 Å². The molecule has 3 aromatic rings. The molecule has 1 heterocycles. The standard InChI is InChI=1S/C19H20ClN3O3S/c1-3-19(18(21)24,13-7-9-14(20)10-8-13)23-12-11-15-16(22-27(2,25)26)5-4-6-17(15)23/h4-12,22H,3H2,1-2H3,(H2,21,24)/t19-/m1/s1. The van der Waals surface area contributed by atoms with Crippen LogP contribution in [0.1, 0.15) is 18.9 Å². The van der Waals surface area contributed by atoms with Crippen molar-refractivity contribution in [1.82, 2.24) is 4.57 Å². The number of nitrogens with zero attached hydrogens (tertiary/aromatic N) is 1. The fourth-order valence-corrected chi connectivity index (χ4v) is 4.17. The van der Waals surface area contributed by atoms with Crippen LogP contribution in [0, 0.1) is 0 Å². The number of fused-ring (bicyclic) bond motifs is 1. The molecule has 0 aliphatic heterocycles. The molecule has 3 N–H and O–H groups in total. The summed E-state index contributed by atoms with van der Waals surface area (Å²) in [4.78, 5) is 12.7. The van der Waals surface area contributed by atoms with E-state index in [1.54, 1.807) is 53.2 Å². The van der Waals surface area contributed by atoms with E-state index in [-0.39, 0.29) is 0 Å². The second-order valence-corrected chi connectivity index (χ2v) is 8.57. The number of amides is 1. The Morgan fingerprint density at radius 1 is 1.19 bits per heavy atom. The minimum absolute atomic E-state index is 0.414. The van der Waals surface area contributed by atoms with Crippen LogP contribution in [0.4, 0.5) is 5.69 Å². The summed E-state index contributed by atoms with van der Waals surface area (Å²) in [5.74, 6) is -0.508. The molecule has 0 saturated carbocycles. The zero-order chi connectivity index (χ0) is 19.8. The monoisotopic (exact) mass is 405 g/mol. The van der Waals surface area contributed by atoms with Gasteiger partial charge in [-0.3, -0.25) is 9.52 Å². The largest absolute Gasteiger partial charge is 0.367 e. The number of nitrogens with one attached hydrogen (secondary N) is 1. The Balaban J connectivity index is 2.28. The minimum Gasteiger partial charge on any atom is -0.367 e. The third kappa shape index (κ3) is 3.40. The normalized spacial score (nSPS) is 14.0. The van der Waals surface area contributed by atoms with Gasteiger partial charge < -0.3 is 10.3 Å². The van der Waals surface area contributed by atoms with Gasteiger partial charge in [-0.25, -0.2) is 8.42 Å². The van der Waals surface area contributed by atoms with Gasteiger partial charge in [0.25, 0.3) is 0 Å². The predicted octanol–water partition coefficient (Wildman–Crippen LogP) is 3.31. The van der Waals surface area contributed by atoms with E-state index < -0.39 is 21.5 Å². The molecule has 0 fully saturated rings. The fraction of sp³-hybridized carbons (Fsp3) is 0.211. The van der Waals surface area contributed by atoms with E-state index in [1.807, 2.05) is 13.0 Å². The van der Waals surface area contributed by atoms with Gasteiger partial charge in [-0.1, -0.05) is 36.7 Å². The molecule has 0 aliphatic rings. The van der Waals surface area contributed by atoms with Crippen molar-refractivity contribution in [3.63, 3.8) is 0 Å². The molecule has 27 heavy (non-hydrogen) atoms. The van der Waals surface area contributed by atoms with Crippen LogP contribution < -0.4 is 10.5 Å². The summed E-state index contributed by atoms with van der Waals surface area (Å²) < 4.78 is 27.6. The smallest absolute Gasteiger partial charge is 0.248 e. The van der Waals surface area contributed by atoms with Gasteiger partial charge in [-0.15, -0.1) is 0 Å². The van der Waals surface area contributed by atoms with Crippen molar-refractivity contribution in [2.24, 2.45) is 5.73 Å². The first-order chi connectivity index (χ1) is 12.7. The minimum atomic E-state index is -3.44. The number of carbonyl (C=O) groups excluding carboxylic acids is 1. The van der Waals surface area contributed by atoms with Crippen molar-refractivity contribution < 1.29 is 13.2 Å². The molecule has 0 unspecified atom stereocenters. The van der Waals surface area contributed by atoms with Crippen molar-refractivity contribution in [3.8, 4) is 0 Å². The molecule has 142 valence electrons. The quantitative estimate of drug-likeness (QED) is 0.658. The van der Waals surface area contributed by atoms with Crippen molar-refractivity contribution in [3.05, 3.63) is 65.3 Å². The van der Waals surface area contributed by atoms with Crippen LogP contribution in [0.3, 0.4) is 0 Å². The van der Waals surface area contributed by atoms with Gasteiger partial charge in [-0.2, -0.15) is 0 Å². The van der Waals surface area contributed by atoms with E-state index in [0.717, 1.165) is 6.26 Å². The summed E-state index contributed by atoms with van der Waals surface area (Å²) in [6.45, 7) is 1.88. The zero-order valence-corrected chi connectivity index (χ0v) is 16.5.